The summed E-state index contributed by atoms with van der Waals surface area (Å²) in [7, 11) is 0. The average Bonchev–Trinajstić information content (AvgIpc) is 2.54. The van der Waals surface area contributed by atoms with Crippen LogP contribution in [0.15, 0.2) is 0 Å². The van der Waals surface area contributed by atoms with Gasteiger partial charge >= 0.3 is 29.8 Å². The van der Waals surface area contributed by atoms with Crippen molar-refractivity contribution < 1.29 is 54.6 Å². The lowest BCUT2D eigenvalue weighted by Gasteiger charge is -2.18. The summed E-state index contributed by atoms with van der Waals surface area (Å²) >= 11 is 0. The molecule has 0 aliphatic heterocycles. The number of nitrogens with two attached hydrogens (primary N) is 3. The molecule has 0 aliphatic carbocycles. The van der Waals surface area contributed by atoms with Gasteiger partial charge in [0, 0.05) is 0 Å². The topological polar surface area (TPSA) is 285 Å². The monoisotopic (exact) mass is 413 g/mol. The summed E-state index contributed by atoms with van der Waals surface area (Å²) in [4.78, 5) is 49.9. The maximum Gasteiger partial charge on any atom is 0.336 e. The minimum atomic E-state index is -2.74. The number of rotatable bonds is 11. The molecule has 0 aromatic rings. The molecule has 0 bridgehead atoms. The van der Waals surface area contributed by atoms with Crippen molar-refractivity contribution in [1.29, 1.82) is 0 Å². The van der Waals surface area contributed by atoms with Gasteiger partial charge in [-0.1, -0.05) is 6.42 Å². The molecule has 0 saturated carbocycles. The number of carbonyl (C=O) groups is 5. The quantitative estimate of drug-likeness (QED) is 0.156. The molecule has 0 heterocycles. The van der Waals surface area contributed by atoms with Gasteiger partial charge in [0.05, 0.1) is 19.4 Å². The summed E-state index contributed by atoms with van der Waals surface area (Å²) in [5.41, 5.74) is 12.3. The summed E-state index contributed by atoms with van der Waals surface area (Å²) < 4.78 is 0. The lowest BCUT2D eigenvalue weighted by atomic mass is 9.96. The molecule has 28 heavy (non-hydrogen) atoms. The summed E-state index contributed by atoms with van der Waals surface area (Å²) in [6, 6.07) is -0.716. The van der Waals surface area contributed by atoms with Gasteiger partial charge in [0.15, 0.2) is 5.60 Å². The van der Waals surface area contributed by atoms with Gasteiger partial charge in [-0.3, -0.25) is 19.2 Å². The van der Waals surface area contributed by atoms with E-state index in [-0.39, 0.29) is 6.54 Å². The van der Waals surface area contributed by atoms with Crippen LogP contribution in [0.25, 0.3) is 0 Å². The van der Waals surface area contributed by atoms with E-state index in [1.807, 2.05) is 0 Å². The molecular weight excluding hydrogens is 386 g/mol. The summed E-state index contributed by atoms with van der Waals surface area (Å²) in [6.45, 7) is 0.326. The van der Waals surface area contributed by atoms with Crippen LogP contribution in [0.3, 0.4) is 0 Å². The van der Waals surface area contributed by atoms with Gasteiger partial charge in [0.2, 0.25) is 0 Å². The molecule has 0 aromatic heterocycles. The van der Waals surface area contributed by atoms with Crippen LogP contribution in [0, 0.1) is 0 Å². The molecular formula is C14H27N3O11. The molecule has 14 nitrogen and oxygen atoms in total. The third kappa shape index (κ3) is 19.5. The predicted octanol–water partition coefficient (Wildman–Crippen LogP) is -2.69. The number of unbranched alkanes of at least 4 members (excludes halogenated alkanes) is 1. The summed E-state index contributed by atoms with van der Waals surface area (Å²) in [5, 5.41) is 49.7. The molecule has 0 fully saturated rings. The minimum absolute atomic E-state index is 0.278. The van der Waals surface area contributed by atoms with E-state index < -0.39 is 54.3 Å². The highest BCUT2D eigenvalue weighted by Gasteiger charge is 2.40. The summed E-state index contributed by atoms with van der Waals surface area (Å²) in [5.74, 6) is -6.92. The second-order valence-corrected chi connectivity index (χ2v) is 5.30. The van der Waals surface area contributed by atoms with Crippen molar-refractivity contribution in [3.8, 4) is 0 Å². The summed E-state index contributed by atoms with van der Waals surface area (Å²) in [6.07, 6.45) is -0.124. The van der Waals surface area contributed by atoms with Gasteiger partial charge in [-0.2, -0.15) is 0 Å². The molecule has 164 valence electrons. The van der Waals surface area contributed by atoms with E-state index in [1.165, 1.54) is 0 Å². The lowest BCUT2D eigenvalue weighted by molar-refractivity contribution is -0.170. The first-order valence-corrected chi connectivity index (χ1v) is 7.73. The van der Waals surface area contributed by atoms with Crippen molar-refractivity contribution in [2.75, 3.05) is 13.1 Å². The third-order valence-electron chi connectivity index (χ3n) is 2.75. The molecule has 0 spiro atoms. The van der Waals surface area contributed by atoms with Crippen LogP contribution in [0.1, 0.15) is 32.1 Å². The van der Waals surface area contributed by atoms with E-state index in [9.17, 15) is 24.0 Å². The first kappa shape index (κ1) is 29.9. The van der Waals surface area contributed by atoms with Crippen molar-refractivity contribution in [2.24, 2.45) is 17.2 Å². The molecule has 14 heteroatoms. The second-order valence-electron chi connectivity index (χ2n) is 5.30. The van der Waals surface area contributed by atoms with Gasteiger partial charge in [-0.15, -0.1) is 0 Å². The van der Waals surface area contributed by atoms with E-state index in [4.69, 9.17) is 42.1 Å². The van der Waals surface area contributed by atoms with Crippen LogP contribution < -0.4 is 17.2 Å². The SMILES string of the molecule is NCC(=O)O.NCCCC[C@H](N)C(=O)O.O=C(O)CC(O)(CC(=O)O)C(=O)O. The van der Waals surface area contributed by atoms with Crippen LogP contribution >= 0.6 is 0 Å². The lowest BCUT2D eigenvalue weighted by Crippen LogP contribution is -2.42. The fourth-order valence-corrected chi connectivity index (χ4v) is 1.35. The average molecular weight is 413 g/mol. The Morgan fingerprint density at radius 1 is 0.786 bits per heavy atom. The van der Waals surface area contributed by atoms with Gasteiger partial charge in [-0.25, -0.2) is 4.79 Å². The van der Waals surface area contributed by atoms with Crippen LogP contribution in [-0.2, 0) is 24.0 Å². The standard InChI is InChI=1S/C6H14N2O2.C6H8O7.C2H5NO2/c7-4-2-1-3-5(8)6(9)10;7-3(8)1-6(13,5(11)12)2-4(9)10;3-1-2(4)5/h5H,1-4,7-8H2,(H,9,10);13H,1-2H2,(H,7,8)(H,9,10)(H,11,12);1,3H2,(H,4,5)/t5-;;/m0../s1. The second kappa shape index (κ2) is 16.4. The Balaban J connectivity index is -0.000000368. The third-order valence-corrected chi connectivity index (χ3v) is 2.75. The fourth-order valence-electron chi connectivity index (χ4n) is 1.35. The Kier molecular flexibility index (Phi) is 17.5. The number of aliphatic hydroxyl groups is 1. The van der Waals surface area contributed by atoms with Gasteiger partial charge in [0.25, 0.3) is 0 Å². The van der Waals surface area contributed by atoms with Gasteiger partial charge in [0.1, 0.15) is 6.04 Å². The Morgan fingerprint density at radius 3 is 1.39 bits per heavy atom. The van der Waals surface area contributed by atoms with Gasteiger partial charge in [-0.05, 0) is 19.4 Å². The Hall–Kier alpha value is -2.81. The largest absolute Gasteiger partial charge is 0.481 e. The van der Waals surface area contributed by atoms with Crippen molar-refractivity contribution in [1.82, 2.24) is 0 Å². The van der Waals surface area contributed by atoms with E-state index in [2.05, 4.69) is 5.73 Å². The molecule has 0 aliphatic rings. The van der Waals surface area contributed by atoms with Crippen LogP contribution in [0.4, 0.5) is 0 Å². The Bertz CT molecular complexity index is 509. The van der Waals surface area contributed by atoms with E-state index in [1.54, 1.807) is 0 Å². The number of hydrogen-bond acceptors (Lipinski definition) is 9. The Labute approximate surface area is 159 Å². The maximum atomic E-state index is 10.3. The first-order valence-electron chi connectivity index (χ1n) is 7.73. The van der Waals surface area contributed by atoms with Crippen LogP contribution in [0.5, 0.6) is 0 Å². The first-order chi connectivity index (χ1) is 12.7. The van der Waals surface area contributed by atoms with E-state index in [0.717, 1.165) is 12.8 Å². The molecule has 12 N–H and O–H groups in total. The number of hydrogen-bond donors (Lipinski definition) is 9. The number of aliphatic carboxylic acids is 5. The predicted molar refractivity (Wildman–Crippen MR) is 92.3 cm³/mol. The van der Waals surface area contributed by atoms with Crippen molar-refractivity contribution >= 4 is 29.8 Å². The van der Waals surface area contributed by atoms with E-state index >= 15 is 0 Å². The minimum Gasteiger partial charge on any atom is -0.481 e. The van der Waals surface area contributed by atoms with Gasteiger partial charge < -0.3 is 47.8 Å². The molecule has 1 atom stereocenters. The number of carboxylic acids is 5. The highest BCUT2D eigenvalue weighted by Crippen LogP contribution is 2.15. The highest BCUT2D eigenvalue weighted by atomic mass is 16.4. The zero-order valence-electron chi connectivity index (χ0n) is 15.0. The zero-order chi connectivity index (χ0) is 22.9. The molecule has 0 amide bonds. The molecule has 0 unspecified atom stereocenters. The Morgan fingerprint density at radius 2 is 1.18 bits per heavy atom. The zero-order valence-corrected chi connectivity index (χ0v) is 15.0. The van der Waals surface area contributed by atoms with Crippen molar-refractivity contribution in [3.05, 3.63) is 0 Å². The molecule has 0 radical (unpaired) electrons. The highest BCUT2D eigenvalue weighted by molar-refractivity contribution is 5.88. The van der Waals surface area contributed by atoms with Crippen molar-refractivity contribution in [2.45, 2.75) is 43.7 Å². The van der Waals surface area contributed by atoms with Crippen LogP contribution in [-0.4, -0.2) is 85.2 Å². The van der Waals surface area contributed by atoms with E-state index in [0.29, 0.717) is 13.0 Å². The molecule has 0 aromatic carbocycles. The number of carboxylic acid groups (broad SMARTS) is 5. The normalized spacial score (nSPS) is 11.0. The van der Waals surface area contributed by atoms with Crippen LogP contribution in [0.2, 0.25) is 0 Å². The fraction of sp³-hybridized carbons (Fsp3) is 0.643. The smallest absolute Gasteiger partial charge is 0.336 e. The van der Waals surface area contributed by atoms with Crippen molar-refractivity contribution in [3.63, 3.8) is 0 Å². The molecule has 0 rings (SSSR count). The maximum absolute atomic E-state index is 10.3. The molecule has 0 saturated heterocycles.